The number of carbonyl (C=O) groups excluding carboxylic acids is 1. The smallest absolute Gasteiger partial charge is 0.267 e. The van der Waals surface area contributed by atoms with Gasteiger partial charge in [-0.15, -0.1) is 5.10 Å². The average molecular weight is 341 g/mol. The van der Waals surface area contributed by atoms with Crippen LogP contribution in [0.2, 0.25) is 0 Å². The predicted octanol–water partition coefficient (Wildman–Crippen LogP) is 1.93. The number of nitriles is 1. The van der Waals surface area contributed by atoms with Crippen LogP contribution >= 0.6 is 11.5 Å². The van der Waals surface area contributed by atoms with Crippen LogP contribution in [-0.2, 0) is 13.0 Å². The summed E-state index contributed by atoms with van der Waals surface area (Å²) in [4.78, 5) is 17.5. The van der Waals surface area contributed by atoms with Gasteiger partial charge in [0, 0.05) is 32.7 Å². The monoisotopic (exact) mass is 341 g/mol. The molecule has 24 heavy (non-hydrogen) atoms. The van der Waals surface area contributed by atoms with E-state index in [0.717, 1.165) is 44.8 Å². The number of aryl methyl sites for hydroxylation is 1. The van der Waals surface area contributed by atoms with Crippen molar-refractivity contribution in [1.29, 1.82) is 5.26 Å². The number of rotatable bonds is 4. The van der Waals surface area contributed by atoms with Gasteiger partial charge in [-0.05, 0) is 35.6 Å². The van der Waals surface area contributed by atoms with Gasteiger partial charge in [0.1, 0.15) is 4.88 Å². The summed E-state index contributed by atoms with van der Waals surface area (Å²) in [6.45, 7) is 5.96. The number of carbonyl (C=O) groups is 1. The van der Waals surface area contributed by atoms with Gasteiger partial charge in [0.2, 0.25) is 0 Å². The molecule has 6 nitrogen and oxygen atoms in total. The summed E-state index contributed by atoms with van der Waals surface area (Å²) in [5.41, 5.74) is 2.66. The van der Waals surface area contributed by atoms with Gasteiger partial charge in [-0.25, -0.2) is 0 Å². The van der Waals surface area contributed by atoms with E-state index < -0.39 is 0 Å². The Balaban J connectivity index is 1.55. The fraction of sp³-hybridized carbons (Fsp3) is 0.412. The molecule has 0 spiro atoms. The van der Waals surface area contributed by atoms with Crippen LogP contribution in [0.15, 0.2) is 24.3 Å². The van der Waals surface area contributed by atoms with Crippen LogP contribution in [0.25, 0.3) is 0 Å². The predicted molar refractivity (Wildman–Crippen MR) is 91.6 cm³/mol. The van der Waals surface area contributed by atoms with Crippen LogP contribution in [0.5, 0.6) is 0 Å². The van der Waals surface area contributed by atoms with Gasteiger partial charge in [0.25, 0.3) is 5.91 Å². The summed E-state index contributed by atoms with van der Waals surface area (Å²) in [5, 5.41) is 12.9. The fourth-order valence-corrected chi connectivity index (χ4v) is 3.52. The topological polar surface area (TPSA) is 73.1 Å². The molecule has 0 N–H and O–H groups in total. The van der Waals surface area contributed by atoms with Crippen molar-refractivity contribution >= 4 is 17.4 Å². The van der Waals surface area contributed by atoms with Crippen molar-refractivity contribution in [2.75, 3.05) is 26.2 Å². The first-order valence-electron chi connectivity index (χ1n) is 8.03. The molecule has 0 unspecified atom stereocenters. The summed E-state index contributed by atoms with van der Waals surface area (Å²) >= 11 is 1.19. The number of aromatic nitrogens is 2. The molecule has 1 aliphatic rings. The molecule has 0 radical (unpaired) electrons. The zero-order valence-electron chi connectivity index (χ0n) is 13.6. The van der Waals surface area contributed by atoms with Crippen LogP contribution in [-0.4, -0.2) is 51.5 Å². The molecule has 7 heteroatoms. The third kappa shape index (κ3) is 3.61. The van der Waals surface area contributed by atoms with Crippen molar-refractivity contribution < 1.29 is 4.79 Å². The molecular formula is C17H19N5OS. The highest BCUT2D eigenvalue weighted by Crippen LogP contribution is 2.17. The quantitative estimate of drug-likeness (QED) is 0.849. The largest absolute Gasteiger partial charge is 0.335 e. The number of piperazine rings is 1. The van der Waals surface area contributed by atoms with E-state index in [1.165, 1.54) is 17.1 Å². The zero-order chi connectivity index (χ0) is 16.9. The van der Waals surface area contributed by atoms with E-state index in [1.807, 2.05) is 36.1 Å². The molecular weight excluding hydrogens is 322 g/mol. The summed E-state index contributed by atoms with van der Waals surface area (Å²) in [5.74, 6) is 0.0554. The maximum atomic E-state index is 12.6. The van der Waals surface area contributed by atoms with Gasteiger partial charge >= 0.3 is 0 Å². The molecule has 1 aliphatic heterocycles. The summed E-state index contributed by atoms with van der Waals surface area (Å²) < 4.78 is 3.90. The number of amides is 1. The molecule has 1 aromatic carbocycles. The van der Waals surface area contributed by atoms with E-state index in [0.29, 0.717) is 10.4 Å². The molecule has 0 saturated carbocycles. The molecule has 0 bridgehead atoms. The van der Waals surface area contributed by atoms with Crippen LogP contribution < -0.4 is 0 Å². The van der Waals surface area contributed by atoms with E-state index in [2.05, 4.69) is 20.6 Å². The Morgan fingerprint density at radius 2 is 1.96 bits per heavy atom. The molecule has 1 fully saturated rings. The Kier molecular flexibility index (Phi) is 5.18. The first-order valence-corrected chi connectivity index (χ1v) is 8.80. The third-order valence-electron chi connectivity index (χ3n) is 4.23. The molecule has 2 aromatic rings. The van der Waals surface area contributed by atoms with Gasteiger partial charge in [0.05, 0.1) is 17.3 Å². The molecule has 3 rings (SSSR count). The second-order valence-corrected chi connectivity index (χ2v) is 6.53. The molecule has 1 amide bonds. The lowest BCUT2D eigenvalue weighted by atomic mass is 10.1. The van der Waals surface area contributed by atoms with Gasteiger partial charge in [-0.1, -0.05) is 23.5 Å². The van der Waals surface area contributed by atoms with E-state index in [1.54, 1.807) is 0 Å². The van der Waals surface area contributed by atoms with Gasteiger partial charge in [-0.3, -0.25) is 9.69 Å². The van der Waals surface area contributed by atoms with Crippen molar-refractivity contribution in [2.45, 2.75) is 19.9 Å². The first kappa shape index (κ1) is 16.6. The first-order chi connectivity index (χ1) is 11.7. The molecule has 0 atom stereocenters. The van der Waals surface area contributed by atoms with Gasteiger partial charge < -0.3 is 4.90 Å². The lowest BCUT2D eigenvalue weighted by Crippen LogP contribution is -2.48. The lowest BCUT2D eigenvalue weighted by Gasteiger charge is -2.34. The minimum absolute atomic E-state index is 0.0554. The maximum Gasteiger partial charge on any atom is 0.267 e. The highest BCUT2D eigenvalue weighted by atomic mass is 32.1. The summed E-state index contributed by atoms with van der Waals surface area (Å²) in [6, 6.07) is 9.81. The van der Waals surface area contributed by atoms with Gasteiger partial charge in [-0.2, -0.15) is 5.26 Å². The molecule has 2 heterocycles. The van der Waals surface area contributed by atoms with Crippen molar-refractivity contribution in [3.63, 3.8) is 0 Å². The normalized spacial score (nSPS) is 15.2. The fourth-order valence-electron chi connectivity index (χ4n) is 2.80. The second-order valence-electron chi connectivity index (χ2n) is 5.78. The van der Waals surface area contributed by atoms with E-state index in [4.69, 9.17) is 5.26 Å². The summed E-state index contributed by atoms with van der Waals surface area (Å²) in [7, 11) is 0. The van der Waals surface area contributed by atoms with Crippen LogP contribution in [0, 0.1) is 11.3 Å². The second kappa shape index (κ2) is 7.51. The minimum atomic E-state index is 0.0554. The lowest BCUT2D eigenvalue weighted by molar-refractivity contribution is 0.0632. The zero-order valence-corrected chi connectivity index (χ0v) is 14.4. The number of hydrogen-bond acceptors (Lipinski definition) is 6. The van der Waals surface area contributed by atoms with E-state index in [9.17, 15) is 4.79 Å². The third-order valence-corrected chi connectivity index (χ3v) is 4.99. The van der Waals surface area contributed by atoms with Crippen molar-refractivity contribution in [3.8, 4) is 6.07 Å². The van der Waals surface area contributed by atoms with Crippen LogP contribution in [0.3, 0.4) is 0 Å². The Bertz CT molecular complexity index is 741. The Morgan fingerprint density at radius 3 is 2.58 bits per heavy atom. The standard InChI is InChI=1S/C17H19N5OS/c1-2-15-16(24-20-19-15)17(23)22-9-7-21(8-10-22)12-14-5-3-13(11-18)4-6-14/h3-6H,2,7-10,12H2,1H3. The summed E-state index contributed by atoms with van der Waals surface area (Å²) in [6.07, 6.45) is 0.732. The molecule has 124 valence electrons. The van der Waals surface area contributed by atoms with Crippen LogP contribution in [0.4, 0.5) is 0 Å². The average Bonchev–Trinajstić information content (AvgIpc) is 3.11. The van der Waals surface area contributed by atoms with E-state index in [-0.39, 0.29) is 5.91 Å². The Hall–Kier alpha value is -2.30. The minimum Gasteiger partial charge on any atom is -0.335 e. The highest BCUT2D eigenvalue weighted by molar-refractivity contribution is 7.08. The van der Waals surface area contributed by atoms with Crippen molar-refractivity contribution in [1.82, 2.24) is 19.4 Å². The van der Waals surface area contributed by atoms with Gasteiger partial charge in [0.15, 0.2) is 0 Å². The molecule has 0 aliphatic carbocycles. The number of nitrogens with zero attached hydrogens (tertiary/aromatic N) is 5. The molecule has 1 aromatic heterocycles. The number of hydrogen-bond donors (Lipinski definition) is 0. The highest BCUT2D eigenvalue weighted by Gasteiger charge is 2.25. The van der Waals surface area contributed by atoms with Crippen LogP contribution in [0.1, 0.15) is 33.4 Å². The molecule has 1 saturated heterocycles. The van der Waals surface area contributed by atoms with Crippen molar-refractivity contribution in [3.05, 3.63) is 46.0 Å². The van der Waals surface area contributed by atoms with Crippen molar-refractivity contribution in [2.24, 2.45) is 0 Å². The number of benzene rings is 1. The SMILES string of the molecule is CCc1nnsc1C(=O)N1CCN(Cc2ccc(C#N)cc2)CC1. The maximum absolute atomic E-state index is 12.6. The van der Waals surface area contributed by atoms with E-state index >= 15 is 0 Å². The Morgan fingerprint density at radius 1 is 1.25 bits per heavy atom. The Labute approximate surface area is 145 Å².